The van der Waals surface area contributed by atoms with E-state index in [1.165, 1.54) is 4.90 Å². The standard InChI is InChI=1S/C38H54N8O6/c1-23(2)31(39)34(48)45-32(25-14-7-4-8-15-25)35(49)43-28(18-11-19-42-38(40)41)36(50)46-22-27-17-10-9-16-26(27)21-30(46)33(47)44-29(37(51)52)20-24-12-5-3-6-13-24/h3,5-6,9-10,12-13,16-17,23,25,28-32H,4,7-8,11,14-15,18-22,39H2,1-2H3,(H,43,49)(H,44,47)(H,45,48)(H,51,52)(H4,40,41,42)/t28-,29-,30-,31-,32-/m0/s1. The molecular weight excluding hydrogens is 664 g/mol. The van der Waals surface area contributed by atoms with Gasteiger partial charge in [0.25, 0.3) is 0 Å². The minimum absolute atomic E-state index is 0.0513. The quantitative estimate of drug-likeness (QED) is 0.0714. The molecule has 2 aromatic carbocycles. The van der Waals surface area contributed by atoms with Crippen LogP contribution in [0, 0.1) is 17.2 Å². The first-order valence-electron chi connectivity index (χ1n) is 18.2. The summed E-state index contributed by atoms with van der Waals surface area (Å²) in [6.45, 7) is 3.97. The molecule has 10 N–H and O–H groups in total. The predicted molar refractivity (Wildman–Crippen MR) is 197 cm³/mol. The third-order valence-electron chi connectivity index (χ3n) is 10.1. The average Bonchev–Trinajstić information content (AvgIpc) is 3.13. The number of benzene rings is 2. The van der Waals surface area contributed by atoms with E-state index in [1.54, 1.807) is 24.3 Å². The Bertz CT molecular complexity index is 1560. The van der Waals surface area contributed by atoms with Gasteiger partial charge in [-0.3, -0.25) is 24.6 Å². The van der Waals surface area contributed by atoms with Gasteiger partial charge in [-0.15, -0.1) is 0 Å². The maximum absolute atomic E-state index is 14.6. The number of carboxylic acids is 1. The van der Waals surface area contributed by atoms with Crippen molar-refractivity contribution in [2.24, 2.45) is 23.3 Å². The van der Waals surface area contributed by atoms with E-state index in [0.717, 1.165) is 48.8 Å². The number of fused-ring (bicyclic) bond motifs is 1. The van der Waals surface area contributed by atoms with Crippen LogP contribution in [0.2, 0.25) is 0 Å². The van der Waals surface area contributed by atoms with E-state index in [9.17, 15) is 29.1 Å². The summed E-state index contributed by atoms with van der Waals surface area (Å²) in [4.78, 5) is 69.7. The first-order chi connectivity index (χ1) is 24.8. The SMILES string of the molecule is CC(C)[C@H](N)C(=O)N[C@H](C(=O)N[C@@H](CCCNC(=N)N)C(=O)N1Cc2ccccc2C[C@H]1C(=O)N[C@@H](Cc1ccccc1)C(=O)O)C1CCCCC1. The number of carbonyl (C=O) groups excluding carboxylic acids is 4. The molecule has 0 unspecified atom stereocenters. The van der Waals surface area contributed by atoms with Gasteiger partial charge in [-0.25, -0.2) is 4.79 Å². The van der Waals surface area contributed by atoms with Crippen molar-refractivity contribution < 1.29 is 29.1 Å². The Kier molecular flexibility index (Phi) is 14.6. The van der Waals surface area contributed by atoms with E-state index in [-0.39, 0.29) is 50.1 Å². The lowest BCUT2D eigenvalue weighted by Gasteiger charge is -2.39. The minimum atomic E-state index is -1.24. The van der Waals surface area contributed by atoms with Crippen LogP contribution in [0.1, 0.15) is 75.5 Å². The van der Waals surface area contributed by atoms with Gasteiger partial charge in [0.1, 0.15) is 24.2 Å². The number of guanidine groups is 1. The lowest BCUT2D eigenvalue weighted by molar-refractivity contribution is -0.147. The summed E-state index contributed by atoms with van der Waals surface area (Å²) >= 11 is 0. The van der Waals surface area contributed by atoms with E-state index in [4.69, 9.17) is 16.9 Å². The smallest absolute Gasteiger partial charge is 0.326 e. The summed E-state index contributed by atoms with van der Waals surface area (Å²) in [5, 5.41) is 28.8. The molecule has 282 valence electrons. The summed E-state index contributed by atoms with van der Waals surface area (Å²) in [5.74, 6) is -3.84. The predicted octanol–water partition coefficient (Wildman–Crippen LogP) is 1.55. The zero-order chi connectivity index (χ0) is 37.8. The fraction of sp³-hybridized carbons (Fsp3) is 0.526. The molecule has 1 fully saturated rings. The van der Waals surface area contributed by atoms with Gasteiger partial charge in [-0.2, -0.15) is 0 Å². The lowest BCUT2D eigenvalue weighted by atomic mass is 9.83. The molecule has 5 atom stereocenters. The second-order valence-electron chi connectivity index (χ2n) is 14.2. The topological polar surface area (TPSA) is 233 Å². The molecule has 2 aromatic rings. The highest BCUT2D eigenvalue weighted by Gasteiger charge is 2.41. The van der Waals surface area contributed by atoms with Crippen LogP contribution in [0.5, 0.6) is 0 Å². The van der Waals surface area contributed by atoms with Crippen LogP contribution in [0.3, 0.4) is 0 Å². The maximum atomic E-state index is 14.6. The van der Waals surface area contributed by atoms with E-state index in [1.807, 2.05) is 44.2 Å². The van der Waals surface area contributed by atoms with Gasteiger partial charge in [0.2, 0.25) is 23.6 Å². The Labute approximate surface area is 305 Å². The lowest BCUT2D eigenvalue weighted by Crippen LogP contribution is -2.62. The van der Waals surface area contributed by atoms with Gasteiger partial charge >= 0.3 is 5.97 Å². The van der Waals surface area contributed by atoms with Gasteiger partial charge in [-0.05, 0) is 54.2 Å². The van der Waals surface area contributed by atoms with Gasteiger partial charge in [0.15, 0.2) is 5.96 Å². The van der Waals surface area contributed by atoms with Crippen molar-refractivity contribution >= 4 is 35.6 Å². The third kappa shape index (κ3) is 11.0. The number of carbonyl (C=O) groups is 5. The molecule has 4 rings (SSSR count). The number of carboxylic acid groups (broad SMARTS) is 1. The molecule has 0 bridgehead atoms. The van der Waals surface area contributed by atoms with Crippen LogP contribution in [-0.4, -0.2) is 82.3 Å². The molecule has 0 spiro atoms. The molecule has 52 heavy (non-hydrogen) atoms. The summed E-state index contributed by atoms with van der Waals surface area (Å²) in [5.41, 5.74) is 14.0. The fourth-order valence-corrected chi connectivity index (χ4v) is 6.97. The highest BCUT2D eigenvalue weighted by molar-refractivity contribution is 5.96. The van der Waals surface area contributed by atoms with Crippen LogP contribution in [-0.2, 0) is 43.4 Å². The Morgan fingerprint density at radius 3 is 2.17 bits per heavy atom. The zero-order valence-corrected chi connectivity index (χ0v) is 30.1. The van der Waals surface area contributed by atoms with E-state index in [0.29, 0.717) is 6.42 Å². The summed E-state index contributed by atoms with van der Waals surface area (Å²) in [7, 11) is 0. The van der Waals surface area contributed by atoms with Crippen molar-refractivity contribution in [3.05, 3.63) is 71.3 Å². The van der Waals surface area contributed by atoms with Gasteiger partial charge in [-0.1, -0.05) is 87.7 Å². The number of hydrogen-bond donors (Lipinski definition) is 8. The van der Waals surface area contributed by atoms with Crippen LogP contribution in [0.15, 0.2) is 54.6 Å². The monoisotopic (exact) mass is 718 g/mol. The molecule has 1 aliphatic heterocycles. The highest BCUT2D eigenvalue weighted by Crippen LogP contribution is 2.28. The molecule has 0 radical (unpaired) electrons. The van der Waals surface area contributed by atoms with Crippen LogP contribution in [0.4, 0.5) is 0 Å². The third-order valence-corrected chi connectivity index (χ3v) is 10.1. The normalized spacial score (nSPS) is 18.2. The Hall–Kier alpha value is -4.98. The largest absolute Gasteiger partial charge is 0.480 e. The van der Waals surface area contributed by atoms with Crippen molar-refractivity contribution in [2.75, 3.05) is 6.54 Å². The molecular formula is C38H54N8O6. The Balaban J connectivity index is 1.63. The maximum Gasteiger partial charge on any atom is 0.326 e. The average molecular weight is 719 g/mol. The molecule has 1 aliphatic carbocycles. The zero-order valence-electron chi connectivity index (χ0n) is 30.1. The number of hydrogen-bond acceptors (Lipinski definition) is 7. The van der Waals surface area contributed by atoms with Crippen molar-refractivity contribution in [1.82, 2.24) is 26.2 Å². The Morgan fingerprint density at radius 1 is 0.885 bits per heavy atom. The van der Waals surface area contributed by atoms with Crippen LogP contribution < -0.4 is 32.7 Å². The van der Waals surface area contributed by atoms with E-state index in [2.05, 4.69) is 21.3 Å². The van der Waals surface area contributed by atoms with Gasteiger partial charge < -0.3 is 42.7 Å². The molecule has 1 saturated carbocycles. The number of amides is 4. The van der Waals surface area contributed by atoms with Gasteiger partial charge in [0.05, 0.1) is 6.04 Å². The first-order valence-corrected chi connectivity index (χ1v) is 18.2. The number of rotatable bonds is 16. The summed E-state index contributed by atoms with van der Waals surface area (Å²) < 4.78 is 0. The molecule has 14 heteroatoms. The second-order valence-corrected chi connectivity index (χ2v) is 14.2. The fourth-order valence-electron chi connectivity index (χ4n) is 6.97. The Morgan fingerprint density at radius 2 is 1.54 bits per heavy atom. The second kappa shape index (κ2) is 19.0. The van der Waals surface area contributed by atoms with Crippen molar-refractivity contribution in [3.63, 3.8) is 0 Å². The first kappa shape index (κ1) is 39.8. The summed E-state index contributed by atoms with van der Waals surface area (Å²) in [6.07, 6.45) is 4.99. The number of nitrogens with one attached hydrogen (secondary N) is 5. The van der Waals surface area contributed by atoms with E-state index >= 15 is 0 Å². The molecule has 0 aromatic heterocycles. The number of aliphatic carboxylic acids is 1. The van der Waals surface area contributed by atoms with Crippen molar-refractivity contribution in [3.8, 4) is 0 Å². The molecule has 1 heterocycles. The van der Waals surface area contributed by atoms with E-state index < -0.39 is 59.8 Å². The van der Waals surface area contributed by atoms with Gasteiger partial charge in [0, 0.05) is 25.9 Å². The number of nitrogens with zero attached hydrogens (tertiary/aromatic N) is 1. The highest BCUT2D eigenvalue weighted by atomic mass is 16.4. The van der Waals surface area contributed by atoms with Crippen LogP contribution in [0.25, 0.3) is 0 Å². The van der Waals surface area contributed by atoms with Crippen molar-refractivity contribution in [1.29, 1.82) is 5.41 Å². The van der Waals surface area contributed by atoms with Crippen molar-refractivity contribution in [2.45, 2.75) is 108 Å². The minimum Gasteiger partial charge on any atom is -0.480 e. The molecule has 14 nitrogen and oxygen atoms in total. The van der Waals surface area contributed by atoms with Crippen LogP contribution >= 0.6 is 0 Å². The molecule has 2 aliphatic rings. The molecule has 4 amide bonds. The summed E-state index contributed by atoms with van der Waals surface area (Å²) in [6, 6.07) is 11.2. The number of nitrogens with two attached hydrogens (primary N) is 2. The molecule has 0 saturated heterocycles.